The minimum absolute atomic E-state index is 0.0632. The van der Waals surface area contributed by atoms with E-state index in [0.29, 0.717) is 18.3 Å². The largest absolute Gasteiger partial charge is 0.337 e. The second-order valence-electron chi connectivity index (χ2n) is 6.32. The first kappa shape index (κ1) is 13.1. The molecular formula is C13H18N4O3. The molecule has 0 N–H and O–H groups in total. The standard InChI is InChI=1S/C13H18N4O3/c1-13(2,3)11-14-9(20-15-11)7-17-10(18)8-5-4-6-16(8)12(17)19/h8H,4-7H2,1-3H3/t8-/m1/s1. The molecule has 3 heterocycles. The van der Waals surface area contributed by atoms with Crippen molar-refractivity contribution >= 4 is 11.9 Å². The van der Waals surface area contributed by atoms with E-state index in [0.717, 1.165) is 12.8 Å². The van der Waals surface area contributed by atoms with Gasteiger partial charge in [0.2, 0.25) is 5.89 Å². The van der Waals surface area contributed by atoms with Gasteiger partial charge in [0.15, 0.2) is 5.82 Å². The summed E-state index contributed by atoms with van der Waals surface area (Å²) in [6.07, 6.45) is 1.64. The van der Waals surface area contributed by atoms with Gasteiger partial charge in [0.25, 0.3) is 5.91 Å². The summed E-state index contributed by atoms with van der Waals surface area (Å²) in [6, 6.07) is -0.527. The Bertz CT molecular complexity index is 538. The number of aromatic nitrogens is 2. The number of carbonyl (C=O) groups excluding carboxylic acids is 2. The maximum atomic E-state index is 12.2. The predicted octanol–water partition coefficient (Wildman–Crippen LogP) is 1.29. The first-order chi connectivity index (χ1) is 9.38. The highest BCUT2D eigenvalue weighted by Gasteiger charge is 2.47. The van der Waals surface area contributed by atoms with E-state index in [1.165, 1.54) is 4.90 Å². The number of carbonyl (C=O) groups is 2. The number of amides is 3. The van der Waals surface area contributed by atoms with Crippen LogP contribution in [0, 0.1) is 0 Å². The molecule has 7 nitrogen and oxygen atoms in total. The van der Waals surface area contributed by atoms with Crippen LogP contribution in [0.1, 0.15) is 45.3 Å². The summed E-state index contributed by atoms with van der Waals surface area (Å²) in [5, 5.41) is 3.90. The van der Waals surface area contributed by atoms with E-state index >= 15 is 0 Å². The lowest BCUT2D eigenvalue weighted by atomic mass is 9.96. The summed E-state index contributed by atoms with van der Waals surface area (Å²) in [4.78, 5) is 31.4. The van der Waals surface area contributed by atoms with Crippen LogP contribution >= 0.6 is 0 Å². The Kier molecular flexibility index (Phi) is 2.81. The fourth-order valence-electron chi connectivity index (χ4n) is 2.59. The van der Waals surface area contributed by atoms with Crippen LogP contribution in [0.3, 0.4) is 0 Å². The lowest BCUT2D eigenvalue weighted by molar-refractivity contribution is -0.128. The fraction of sp³-hybridized carbons (Fsp3) is 0.692. The quantitative estimate of drug-likeness (QED) is 0.762. The lowest BCUT2D eigenvalue weighted by Gasteiger charge is -2.13. The van der Waals surface area contributed by atoms with Crippen molar-refractivity contribution in [3.8, 4) is 0 Å². The molecule has 3 rings (SSSR count). The zero-order chi connectivity index (χ0) is 14.5. The first-order valence-electron chi connectivity index (χ1n) is 6.83. The van der Waals surface area contributed by atoms with Crippen molar-refractivity contribution in [1.82, 2.24) is 19.9 Å². The zero-order valence-corrected chi connectivity index (χ0v) is 11.9. The van der Waals surface area contributed by atoms with Gasteiger partial charge in [0.1, 0.15) is 12.6 Å². The van der Waals surface area contributed by atoms with Gasteiger partial charge < -0.3 is 9.42 Å². The topological polar surface area (TPSA) is 79.5 Å². The minimum Gasteiger partial charge on any atom is -0.337 e. The molecular weight excluding hydrogens is 260 g/mol. The third-order valence-corrected chi connectivity index (χ3v) is 3.71. The number of nitrogens with zero attached hydrogens (tertiary/aromatic N) is 4. The van der Waals surface area contributed by atoms with Crippen LogP contribution in [-0.2, 0) is 16.8 Å². The van der Waals surface area contributed by atoms with Crippen LogP contribution < -0.4 is 0 Å². The van der Waals surface area contributed by atoms with Crippen LogP contribution in [-0.4, -0.2) is 44.5 Å². The molecule has 20 heavy (non-hydrogen) atoms. The van der Waals surface area contributed by atoms with Crippen molar-refractivity contribution in [2.24, 2.45) is 0 Å². The molecule has 0 aromatic carbocycles. The van der Waals surface area contributed by atoms with Crippen molar-refractivity contribution in [2.45, 2.75) is 51.6 Å². The number of urea groups is 1. The molecule has 0 unspecified atom stereocenters. The maximum Gasteiger partial charge on any atom is 0.327 e. The van der Waals surface area contributed by atoms with Gasteiger partial charge in [-0.05, 0) is 12.8 Å². The Balaban J connectivity index is 1.77. The molecule has 0 spiro atoms. The van der Waals surface area contributed by atoms with Crippen LogP contribution in [0.4, 0.5) is 4.79 Å². The van der Waals surface area contributed by atoms with Crippen molar-refractivity contribution in [2.75, 3.05) is 6.54 Å². The number of rotatable bonds is 2. The summed E-state index contributed by atoms with van der Waals surface area (Å²) in [5.41, 5.74) is -0.221. The van der Waals surface area contributed by atoms with E-state index in [-0.39, 0.29) is 29.9 Å². The van der Waals surface area contributed by atoms with Crippen LogP contribution in [0.15, 0.2) is 4.52 Å². The van der Waals surface area contributed by atoms with Gasteiger partial charge in [-0.15, -0.1) is 0 Å². The molecule has 0 saturated carbocycles. The van der Waals surface area contributed by atoms with Gasteiger partial charge in [-0.2, -0.15) is 4.98 Å². The van der Waals surface area contributed by atoms with Gasteiger partial charge in [0, 0.05) is 12.0 Å². The third kappa shape index (κ3) is 1.97. The third-order valence-electron chi connectivity index (χ3n) is 3.71. The Morgan fingerprint density at radius 1 is 1.35 bits per heavy atom. The monoisotopic (exact) mass is 278 g/mol. The van der Waals surface area contributed by atoms with Gasteiger partial charge in [-0.25, -0.2) is 4.79 Å². The van der Waals surface area contributed by atoms with E-state index in [2.05, 4.69) is 10.1 Å². The summed E-state index contributed by atoms with van der Waals surface area (Å²) in [7, 11) is 0. The highest BCUT2D eigenvalue weighted by Crippen LogP contribution is 2.28. The number of hydrogen-bond acceptors (Lipinski definition) is 5. The van der Waals surface area contributed by atoms with E-state index in [4.69, 9.17) is 4.52 Å². The number of fused-ring (bicyclic) bond motifs is 1. The summed E-state index contributed by atoms with van der Waals surface area (Å²) >= 11 is 0. The van der Waals surface area contributed by atoms with Gasteiger partial charge in [0.05, 0.1) is 0 Å². The van der Waals surface area contributed by atoms with Crippen molar-refractivity contribution < 1.29 is 14.1 Å². The molecule has 2 aliphatic rings. The number of imide groups is 1. The minimum atomic E-state index is -0.285. The smallest absolute Gasteiger partial charge is 0.327 e. The van der Waals surface area contributed by atoms with Crippen molar-refractivity contribution in [3.05, 3.63) is 11.7 Å². The number of hydrogen-bond donors (Lipinski definition) is 0. The first-order valence-corrected chi connectivity index (χ1v) is 6.83. The maximum absolute atomic E-state index is 12.2. The molecule has 2 saturated heterocycles. The molecule has 2 fully saturated rings. The van der Waals surface area contributed by atoms with E-state index in [1.54, 1.807) is 4.90 Å². The highest BCUT2D eigenvalue weighted by atomic mass is 16.5. The van der Waals surface area contributed by atoms with Crippen molar-refractivity contribution in [1.29, 1.82) is 0 Å². The van der Waals surface area contributed by atoms with Gasteiger partial charge >= 0.3 is 6.03 Å². The fourth-order valence-corrected chi connectivity index (χ4v) is 2.59. The van der Waals surface area contributed by atoms with E-state index < -0.39 is 0 Å². The molecule has 1 aromatic heterocycles. The molecule has 3 amide bonds. The summed E-state index contributed by atoms with van der Waals surface area (Å²) in [5.74, 6) is 0.730. The Labute approximate surface area is 116 Å². The van der Waals surface area contributed by atoms with Crippen molar-refractivity contribution in [3.63, 3.8) is 0 Å². The molecule has 7 heteroatoms. The summed E-state index contributed by atoms with van der Waals surface area (Å²) in [6.45, 7) is 6.65. The Hall–Kier alpha value is -1.92. The van der Waals surface area contributed by atoms with Gasteiger partial charge in [-0.3, -0.25) is 9.69 Å². The molecule has 108 valence electrons. The predicted molar refractivity (Wildman–Crippen MR) is 68.7 cm³/mol. The average molecular weight is 278 g/mol. The normalized spacial score (nSPS) is 22.9. The Morgan fingerprint density at radius 2 is 2.10 bits per heavy atom. The lowest BCUT2D eigenvalue weighted by Crippen LogP contribution is -2.32. The highest BCUT2D eigenvalue weighted by molar-refractivity contribution is 6.04. The van der Waals surface area contributed by atoms with Crippen LogP contribution in [0.2, 0.25) is 0 Å². The molecule has 1 aromatic rings. The second kappa shape index (κ2) is 4.29. The SMILES string of the molecule is CC(C)(C)c1noc(CN2C(=O)[C@H]3CCCN3C2=O)n1. The molecule has 0 bridgehead atoms. The second-order valence-corrected chi connectivity index (χ2v) is 6.32. The van der Waals surface area contributed by atoms with Crippen LogP contribution in [0.25, 0.3) is 0 Å². The molecule has 2 aliphatic heterocycles. The molecule has 0 aliphatic carbocycles. The molecule has 0 radical (unpaired) electrons. The van der Waals surface area contributed by atoms with Gasteiger partial charge in [-0.1, -0.05) is 25.9 Å². The van der Waals surface area contributed by atoms with E-state index in [1.807, 2.05) is 20.8 Å². The van der Waals surface area contributed by atoms with Crippen LogP contribution in [0.5, 0.6) is 0 Å². The average Bonchev–Trinajstić information content (AvgIpc) is 3.05. The van der Waals surface area contributed by atoms with E-state index in [9.17, 15) is 9.59 Å². The molecule has 1 atom stereocenters. The summed E-state index contributed by atoms with van der Waals surface area (Å²) < 4.78 is 5.15. The zero-order valence-electron chi connectivity index (χ0n) is 11.9. The Morgan fingerprint density at radius 3 is 2.70 bits per heavy atom.